The Morgan fingerprint density at radius 1 is 0.905 bits per heavy atom. The molecule has 0 bridgehead atoms. The van der Waals surface area contributed by atoms with Crippen LogP contribution in [0.1, 0.15) is 48.9 Å². The van der Waals surface area contributed by atoms with Gasteiger partial charge in [-0.3, -0.25) is 0 Å². The van der Waals surface area contributed by atoms with Gasteiger partial charge in [0.2, 0.25) is 0 Å². The van der Waals surface area contributed by atoms with Crippen LogP contribution in [0.4, 0.5) is 0 Å². The van der Waals surface area contributed by atoms with Gasteiger partial charge in [0, 0.05) is 6.04 Å². The molecule has 0 aliphatic heterocycles. The zero-order chi connectivity index (χ0) is 14.9. The average Bonchev–Trinajstić information content (AvgIpc) is 2.53. The van der Waals surface area contributed by atoms with E-state index in [1.54, 1.807) is 0 Å². The molecule has 0 heterocycles. The SMILES string of the molecule is CCCc1cccc(C(CCCc2ccccc2)NC)c1. The van der Waals surface area contributed by atoms with E-state index < -0.39 is 0 Å². The highest BCUT2D eigenvalue weighted by molar-refractivity contribution is 5.26. The summed E-state index contributed by atoms with van der Waals surface area (Å²) < 4.78 is 0. The van der Waals surface area contributed by atoms with Gasteiger partial charge in [0.25, 0.3) is 0 Å². The molecule has 0 aliphatic carbocycles. The third kappa shape index (κ3) is 5.02. The molecule has 0 aromatic heterocycles. The zero-order valence-corrected chi connectivity index (χ0v) is 13.3. The van der Waals surface area contributed by atoms with E-state index in [0.29, 0.717) is 6.04 Å². The van der Waals surface area contributed by atoms with E-state index in [0.717, 1.165) is 6.42 Å². The Kier molecular flexibility index (Phi) is 6.49. The van der Waals surface area contributed by atoms with E-state index in [9.17, 15) is 0 Å². The van der Waals surface area contributed by atoms with Gasteiger partial charge in [-0.1, -0.05) is 67.9 Å². The Morgan fingerprint density at radius 3 is 2.38 bits per heavy atom. The van der Waals surface area contributed by atoms with Crippen molar-refractivity contribution in [3.05, 3.63) is 71.3 Å². The summed E-state index contributed by atoms with van der Waals surface area (Å²) in [6, 6.07) is 20.3. The predicted molar refractivity (Wildman–Crippen MR) is 91.6 cm³/mol. The topological polar surface area (TPSA) is 12.0 Å². The molecule has 0 saturated carbocycles. The largest absolute Gasteiger partial charge is 0.313 e. The van der Waals surface area contributed by atoms with Crippen LogP contribution in [0.2, 0.25) is 0 Å². The van der Waals surface area contributed by atoms with Gasteiger partial charge in [-0.15, -0.1) is 0 Å². The van der Waals surface area contributed by atoms with Gasteiger partial charge in [0.1, 0.15) is 0 Å². The first-order chi connectivity index (χ1) is 10.3. The highest BCUT2D eigenvalue weighted by Gasteiger charge is 2.09. The molecule has 1 N–H and O–H groups in total. The second kappa shape index (κ2) is 8.63. The fraction of sp³-hybridized carbons (Fsp3) is 0.400. The fourth-order valence-electron chi connectivity index (χ4n) is 2.89. The molecule has 0 amide bonds. The minimum absolute atomic E-state index is 0.463. The van der Waals surface area contributed by atoms with Crippen molar-refractivity contribution in [2.24, 2.45) is 0 Å². The number of nitrogens with one attached hydrogen (secondary N) is 1. The Bertz CT molecular complexity index is 518. The molecule has 0 aliphatic rings. The number of benzene rings is 2. The molecule has 2 aromatic rings. The molecule has 1 unspecified atom stereocenters. The van der Waals surface area contributed by atoms with Gasteiger partial charge < -0.3 is 5.32 Å². The summed E-state index contributed by atoms with van der Waals surface area (Å²) in [7, 11) is 2.07. The van der Waals surface area contributed by atoms with Crippen LogP contribution in [0.15, 0.2) is 54.6 Å². The Balaban J connectivity index is 1.91. The molecule has 112 valence electrons. The zero-order valence-electron chi connectivity index (χ0n) is 13.3. The van der Waals surface area contributed by atoms with Crippen LogP contribution >= 0.6 is 0 Å². The second-order valence-electron chi connectivity index (χ2n) is 5.71. The van der Waals surface area contributed by atoms with Crippen molar-refractivity contribution in [3.8, 4) is 0 Å². The first kappa shape index (κ1) is 15.8. The lowest BCUT2D eigenvalue weighted by molar-refractivity contribution is 0.526. The summed E-state index contributed by atoms with van der Waals surface area (Å²) in [5.41, 5.74) is 4.32. The monoisotopic (exact) mass is 281 g/mol. The number of aryl methyl sites for hydroxylation is 2. The van der Waals surface area contributed by atoms with Crippen LogP contribution in [0.5, 0.6) is 0 Å². The fourth-order valence-corrected chi connectivity index (χ4v) is 2.89. The van der Waals surface area contributed by atoms with Gasteiger partial charge in [0.05, 0.1) is 0 Å². The van der Waals surface area contributed by atoms with E-state index in [-0.39, 0.29) is 0 Å². The minimum Gasteiger partial charge on any atom is -0.313 e. The maximum Gasteiger partial charge on any atom is 0.0317 e. The van der Waals surface area contributed by atoms with Crippen molar-refractivity contribution in [1.82, 2.24) is 5.32 Å². The average molecular weight is 281 g/mol. The van der Waals surface area contributed by atoms with Crippen LogP contribution in [-0.2, 0) is 12.8 Å². The van der Waals surface area contributed by atoms with Crippen molar-refractivity contribution in [1.29, 1.82) is 0 Å². The van der Waals surface area contributed by atoms with Gasteiger partial charge >= 0.3 is 0 Å². The standard InChI is InChI=1S/C20H27N/c1-3-9-18-13-7-14-19(16-18)20(21-2)15-8-12-17-10-5-4-6-11-17/h4-7,10-11,13-14,16,20-21H,3,8-9,12,15H2,1-2H3. The smallest absolute Gasteiger partial charge is 0.0317 e. The highest BCUT2D eigenvalue weighted by Crippen LogP contribution is 2.21. The Morgan fingerprint density at radius 2 is 1.67 bits per heavy atom. The first-order valence-corrected chi connectivity index (χ1v) is 8.13. The van der Waals surface area contributed by atoms with E-state index in [1.807, 2.05) is 0 Å². The Hall–Kier alpha value is -1.60. The van der Waals surface area contributed by atoms with Crippen molar-refractivity contribution in [2.75, 3.05) is 7.05 Å². The molecule has 1 heteroatoms. The van der Waals surface area contributed by atoms with Crippen LogP contribution in [0.25, 0.3) is 0 Å². The summed E-state index contributed by atoms with van der Waals surface area (Å²) in [5.74, 6) is 0. The van der Waals surface area contributed by atoms with Gasteiger partial charge in [-0.2, -0.15) is 0 Å². The second-order valence-corrected chi connectivity index (χ2v) is 5.71. The third-order valence-electron chi connectivity index (χ3n) is 4.04. The molecule has 2 rings (SSSR count). The number of hydrogen-bond donors (Lipinski definition) is 1. The number of hydrogen-bond acceptors (Lipinski definition) is 1. The van der Waals surface area contributed by atoms with Crippen molar-refractivity contribution in [2.45, 2.75) is 45.1 Å². The van der Waals surface area contributed by atoms with Crippen molar-refractivity contribution >= 4 is 0 Å². The first-order valence-electron chi connectivity index (χ1n) is 8.13. The van der Waals surface area contributed by atoms with E-state index >= 15 is 0 Å². The molecule has 1 atom stereocenters. The van der Waals surface area contributed by atoms with Crippen molar-refractivity contribution < 1.29 is 0 Å². The molecule has 0 saturated heterocycles. The van der Waals surface area contributed by atoms with Gasteiger partial charge in [-0.25, -0.2) is 0 Å². The molecule has 1 nitrogen and oxygen atoms in total. The summed E-state index contributed by atoms with van der Waals surface area (Å²) in [6.45, 7) is 2.24. The van der Waals surface area contributed by atoms with E-state index in [2.05, 4.69) is 73.9 Å². The highest BCUT2D eigenvalue weighted by atomic mass is 14.9. The summed E-state index contributed by atoms with van der Waals surface area (Å²) in [4.78, 5) is 0. The minimum atomic E-state index is 0.463. The van der Waals surface area contributed by atoms with Gasteiger partial charge in [0.15, 0.2) is 0 Å². The lowest BCUT2D eigenvalue weighted by atomic mass is 9.97. The molecular weight excluding hydrogens is 254 g/mol. The lowest BCUT2D eigenvalue weighted by Gasteiger charge is -2.17. The maximum absolute atomic E-state index is 3.47. The molecule has 21 heavy (non-hydrogen) atoms. The summed E-state index contributed by atoms with van der Waals surface area (Å²) >= 11 is 0. The van der Waals surface area contributed by atoms with Crippen LogP contribution in [0.3, 0.4) is 0 Å². The molecular formula is C20H27N. The van der Waals surface area contributed by atoms with E-state index in [1.165, 1.54) is 42.4 Å². The predicted octanol–water partition coefficient (Wildman–Crippen LogP) is 4.92. The summed E-state index contributed by atoms with van der Waals surface area (Å²) in [6.07, 6.45) is 5.94. The summed E-state index contributed by atoms with van der Waals surface area (Å²) in [5, 5.41) is 3.47. The lowest BCUT2D eigenvalue weighted by Crippen LogP contribution is -2.16. The maximum atomic E-state index is 3.47. The third-order valence-corrected chi connectivity index (χ3v) is 4.04. The van der Waals surface area contributed by atoms with Crippen molar-refractivity contribution in [3.63, 3.8) is 0 Å². The van der Waals surface area contributed by atoms with Gasteiger partial charge in [-0.05, 0) is 49.4 Å². The normalized spacial score (nSPS) is 12.3. The number of rotatable bonds is 8. The van der Waals surface area contributed by atoms with E-state index in [4.69, 9.17) is 0 Å². The van der Waals surface area contributed by atoms with Crippen LogP contribution < -0.4 is 5.32 Å². The van der Waals surface area contributed by atoms with Crippen LogP contribution in [0, 0.1) is 0 Å². The molecule has 2 aromatic carbocycles. The molecule has 0 spiro atoms. The molecule has 0 radical (unpaired) electrons. The quantitative estimate of drug-likeness (QED) is 0.724. The Labute approximate surface area is 129 Å². The molecule has 0 fully saturated rings. The van der Waals surface area contributed by atoms with Crippen LogP contribution in [-0.4, -0.2) is 7.05 Å².